The van der Waals surface area contributed by atoms with Crippen LogP contribution >= 0.6 is 0 Å². The third-order valence-electron chi connectivity index (χ3n) is 3.65. The van der Waals surface area contributed by atoms with Crippen LogP contribution in [0.25, 0.3) is 0 Å². The van der Waals surface area contributed by atoms with Crippen LogP contribution < -0.4 is 21.1 Å². The van der Waals surface area contributed by atoms with Crippen molar-refractivity contribution in [3.63, 3.8) is 0 Å². The fourth-order valence-corrected chi connectivity index (χ4v) is 2.23. The molecule has 0 saturated heterocycles. The Morgan fingerprint density at radius 2 is 1.81 bits per heavy atom. The van der Waals surface area contributed by atoms with E-state index in [4.69, 9.17) is 10.5 Å². The zero-order valence-electron chi connectivity index (χ0n) is 14.7. The molecule has 0 saturated carbocycles. The second-order valence-corrected chi connectivity index (χ2v) is 5.58. The summed E-state index contributed by atoms with van der Waals surface area (Å²) in [5.41, 5.74) is 7.50. The number of methoxy groups -OCH3 is 1. The SMILES string of the molecule is COc1ccc(C(=O)NCCC=CCC(=O)Nc2ccccc2N)cc1. The largest absolute Gasteiger partial charge is 0.497 e. The van der Waals surface area contributed by atoms with Gasteiger partial charge in [-0.15, -0.1) is 0 Å². The minimum atomic E-state index is -0.140. The van der Waals surface area contributed by atoms with Gasteiger partial charge in [0.15, 0.2) is 0 Å². The standard InChI is InChI=1S/C20H23N3O3/c1-26-16-12-10-15(11-13-16)20(25)22-14-6-2-3-9-19(24)23-18-8-5-4-7-17(18)21/h2-5,7-8,10-13H,6,9,14,21H2,1H3,(H,22,25)(H,23,24). The molecule has 6 nitrogen and oxygen atoms in total. The van der Waals surface area contributed by atoms with Gasteiger partial charge in [-0.25, -0.2) is 0 Å². The number of nitrogens with one attached hydrogen (secondary N) is 2. The second kappa shape index (κ2) is 9.88. The summed E-state index contributed by atoms with van der Waals surface area (Å²) in [5.74, 6) is 0.430. The molecule has 0 bridgehead atoms. The van der Waals surface area contributed by atoms with Crippen molar-refractivity contribution in [2.45, 2.75) is 12.8 Å². The number of anilines is 2. The summed E-state index contributed by atoms with van der Waals surface area (Å²) in [4.78, 5) is 23.8. The van der Waals surface area contributed by atoms with Gasteiger partial charge in [0.25, 0.3) is 5.91 Å². The van der Waals surface area contributed by atoms with Gasteiger partial charge in [-0.3, -0.25) is 9.59 Å². The van der Waals surface area contributed by atoms with Crippen molar-refractivity contribution in [3.05, 3.63) is 66.2 Å². The van der Waals surface area contributed by atoms with Gasteiger partial charge in [-0.05, 0) is 42.8 Å². The van der Waals surface area contributed by atoms with Gasteiger partial charge in [0.1, 0.15) is 5.75 Å². The molecule has 26 heavy (non-hydrogen) atoms. The molecule has 6 heteroatoms. The average molecular weight is 353 g/mol. The summed E-state index contributed by atoms with van der Waals surface area (Å²) in [6.07, 6.45) is 4.53. The first-order valence-electron chi connectivity index (χ1n) is 8.31. The van der Waals surface area contributed by atoms with Gasteiger partial charge in [0.05, 0.1) is 18.5 Å². The summed E-state index contributed by atoms with van der Waals surface area (Å²) < 4.78 is 5.06. The van der Waals surface area contributed by atoms with Crippen LogP contribution in [-0.2, 0) is 4.79 Å². The Morgan fingerprint density at radius 1 is 1.08 bits per heavy atom. The highest BCUT2D eigenvalue weighted by molar-refractivity contribution is 5.95. The Balaban J connectivity index is 1.66. The molecule has 0 aromatic heterocycles. The summed E-state index contributed by atoms with van der Waals surface area (Å²) in [7, 11) is 1.58. The van der Waals surface area contributed by atoms with Crippen molar-refractivity contribution in [1.82, 2.24) is 5.32 Å². The summed E-state index contributed by atoms with van der Waals surface area (Å²) in [5, 5.41) is 5.58. The maximum absolute atomic E-state index is 12.0. The van der Waals surface area contributed by atoms with E-state index in [-0.39, 0.29) is 18.2 Å². The number of carbonyl (C=O) groups excluding carboxylic acids is 2. The first-order chi connectivity index (χ1) is 12.6. The molecular formula is C20H23N3O3. The quantitative estimate of drug-likeness (QED) is 0.386. The predicted octanol–water partition coefficient (Wildman–Crippen LogP) is 2.98. The highest BCUT2D eigenvalue weighted by Gasteiger charge is 2.04. The smallest absolute Gasteiger partial charge is 0.251 e. The molecule has 2 aromatic carbocycles. The van der Waals surface area contributed by atoms with Gasteiger partial charge in [-0.2, -0.15) is 0 Å². The molecule has 0 unspecified atom stereocenters. The minimum absolute atomic E-state index is 0.138. The molecule has 2 rings (SSSR count). The number of hydrogen-bond donors (Lipinski definition) is 3. The number of benzene rings is 2. The molecule has 0 radical (unpaired) electrons. The van der Waals surface area contributed by atoms with Crippen molar-refractivity contribution < 1.29 is 14.3 Å². The fourth-order valence-electron chi connectivity index (χ4n) is 2.23. The lowest BCUT2D eigenvalue weighted by Gasteiger charge is -2.06. The van der Waals surface area contributed by atoms with E-state index in [1.165, 1.54) is 0 Å². The fraction of sp³-hybridized carbons (Fsp3) is 0.200. The van der Waals surface area contributed by atoms with Gasteiger partial charge in [0.2, 0.25) is 5.91 Å². The van der Waals surface area contributed by atoms with Crippen LogP contribution in [0.5, 0.6) is 5.75 Å². The van der Waals surface area contributed by atoms with Crippen molar-refractivity contribution in [1.29, 1.82) is 0 Å². The third kappa shape index (κ3) is 5.98. The van der Waals surface area contributed by atoms with E-state index >= 15 is 0 Å². The molecule has 0 heterocycles. The van der Waals surface area contributed by atoms with E-state index in [1.807, 2.05) is 18.2 Å². The van der Waals surface area contributed by atoms with E-state index in [9.17, 15) is 9.59 Å². The normalized spacial score (nSPS) is 10.5. The Bertz CT molecular complexity index is 770. The van der Waals surface area contributed by atoms with Gasteiger partial charge >= 0.3 is 0 Å². The van der Waals surface area contributed by atoms with Crippen LogP contribution in [0.2, 0.25) is 0 Å². The maximum atomic E-state index is 12.0. The van der Waals surface area contributed by atoms with Crippen molar-refractivity contribution in [3.8, 4) is 5.75 Å². The van der Waals surface area contributed by atoms with E-state index in [1.54, 1.807) is 49.6 Å². The monoisotopic (exact) mass is 353 g/mol. The molecule has 0 aliphatic carbocycles. The van der Waals surface area contributed by atoms with Crippen LogP contribution in [0.15, 0.2) is 60.7 Å². The lowest BCUT2D eigenvalue weighted by atomic mass is 10.2. The number of para-hydroxylation sites is 2. The number of rotatable bonds is 8. The highest BCUT2D eigenvalue weighted by Crippen LogP contribution is 2.16. The zero-order chi connectivity index (χ0) is 18.8. The van der Waals surface area contributed by atoms with Crippen LogP contribution in [0, 0.1) is 0 Å². The molecule has 0 atom stereocenters. The second-order valence-electron chi connectivity index (χ2n) is 5.58. The maximum Gasteiger partial charge on any atom is 0.251 e. The molecule has 136 valence electrons. The lowest BCUT2D eigenvalue weighted by molar-refractivity contribution is -0.115. The van der Waals surface area contributed by atoms with Crippen LogP contribution in [-0.4, -0.2) is 25.5 Å². The molecular weight excluding hydrogens is 330 g/mol. The number of nitrogens with two attached hydrogens (primary N) is 1. The Kier molecular flexibility index (Phi) is 7.24. The number of amides is 2. The van der Waals surface area contributed by atoms with E-state index in [0.29, 0.717) is 35.7 Å². The Labute approximate surface area is 153 Å². The molecule has 4 N–H and O–H groups in total. The minimum Gasteiger partial charge on any atom is -0.497 e. The number of hydrogen-bond acceptors (Lipinski definition) is 4. The van der Waals surface area contributed by atoms with Crippen LogP contribution in [0.4, 0.5) is 11.4 Å². The van der Waals surface area contributed by atoms with Gasteiger partial charge in [-0.1, -0.05) is 24.3 Å². The molecule has 0 spiro atoms. The van der Waals surface area contributed by atoms with E-state index in [2.05, 4.69) is 10.6 Å². The molecule has 0 aliphatic rings. The number of nitrogen functional groups attached to an aromatic ring is 1. The average Bonchev–Trinajstić information content (AvgIpc) is 2.66. The van der Waals surface area contributed by atoms with Crippen LogP contribution in [0.1, 0.15) is 23.2 Å². The molecule has 0 fully saturated rings. The third-order valence-corrected chi connectivity index (χ3v) is 3.65. The summed E-state index contributed by atoms with van der Waals surface area (Å²) in [6, 6.07) is 14.0. The van der Waals surface area contributed by atoms with Gasteiger partial charge < -0.3 is 21.1 Å². The Morgan fingerprint density at radius 3 is 2.50 bits per heavy atom. The van der Waals surface area contributed by atoms with Crippen LogP contribution in [0.3, 0.4) is 0 Å². The van der Waals surface area contributed by atoms with Crippen molar-refractivity contribution in [2.24, 2.45) is 0 Å². The van der Waals surface area contributed by atoms with E-state index in [0.717, 1.165) is 0 Å². The first kappa shape index (κ1) is 19.1. The zero-order valence-corrected chi connectivity index (χ0v) is 14.7. The number of ether oxygens (including phenoxy) is 1. The van der Waals surface area contributed by atoms with Crippen molar-refractivity contribution in [2.75, 3.05) is 24.7 Å². The topological polar surface area (TPSA) is 93.4 Å². The highest BCUT2D eigenvalue weighted by atomic mass is 16.5. The van der Waals surface area contributed by atoms with Gasteiger partial charge in [0, 0.05) is 18.5 Å². The Hall–Kier alpha value is -3.28. The predicted molar refractivity (Wildman–Crippen MR) is 103 cm³/mol. The summed E-state index contributed by atoms with van der Waals surface area (Å²) >= 11 is 0. The lowest BCUT2D eigenvalue weighted by Crippen LogP contribution is -2.24. The van der Waals surface area contributed by atoms with E-state index < -0.39 is 0 Å². The first-order valence-corrected chi connectivity index (χ1v) is 8.31. The molecule has 2 amide bonds. The van der Waals surface area contributed by atoms with Crippen molar-refractivity contribution >= 4 is 23.2 Å². The molecule has 0 aliphatic heterocycles. The summed E-state index contributed by atoms with van der Waals surface area (Å²) in [6.45, 7) is 0.495. The number of carbonyl (C=O) groups is 2. The molecule has 2 aromatic rings.